The lowest BCUT2D eigenvalue weighted by atomic mass is 10.1. The van der Waals surface area contributed by atoms with Crippen LogP contribution < -0.4 is 0 Å². The minimum absolute atomic E-state index is 0.0797. The Hall–Kier alpha value is -1.48. The molecule has 0 fully saturated rings. The Morgan fingerprint density at radius 1 is 1.45 bits per heavy atom. The van der Waals surface area contributed by atoms with Crippen molar-refractivity contribution < 1.29 is 10.2 Å². The van der Waals surface area contributed by atoms with Crippen molar-refractivity contribution >= 4 is 27.6 Å². The Labute approximate surface area is 136 Å². The van der Waals surface area contributed by atoms with Crippen LogP contribution in [0.15, 0.2) is 17.5 Å². The molecule has 0 amide bonds. The first-order chi connectivity index (χ1) is 10.7. The molecule has 3 aromatic rings. The minimum Gasteiger partial charge on any atom is -0.492 e. The number of aromatic hydroxyl groups is 1. The number of fused-ring (bicyclic) bond motifs is 1. The summed E-state index contributed by atoms with van der Waals surface area (Å²) < 4.78 is 1.49. The summed E-state index contributed by atoms with van der Waals surface area (Å²) in [6, 6.07) is 3.96. The monoisotopic (exact) mass is 338 g/mol. The number of aliphatic hydroxyl groups excluding tert-OH is 1. The highest BCUT2D eigenvalue weighted by Crippen LogP contribution is 2.41. The Morgan fingerprint density at radius 3 is 2.86 bits per heavy atom. The van der Waals surface area contributed by atoms with E-state index in [0.29, 0.717) is 17.3 Å². The van der Waals surface area contributed by atoms with Crippen molar-refractivity contribution in [3.63, 3.8) is 0 Å². The van der Waals surface area contributed by atoms with Crippen LogP contribution >= 0.6 is 22.7 Å². The van der Waals surface area contributed by atoms with Crippen molar-refractivity contribution in [1.82, 2.24) is 19.5 Å². The van der Waals surface area contributed by atoms with Gasteiger partial charge >= 0.3 is 0 Å². The van der Waals surface area contributed by atoms with E-state index >= 15 is 0 Å². The molecule has 1 unspecified atom stereocenters. The van der Waals surface area contributed by atoms with Gasteiger partial charge in [-0.3, -0.25) is 4.90 Å². The summed E-state index contributed by atoms with van der Waals surface area (Å²) in [7, 11) is 0. The normalized spacial score (nSPS) is 13.3. The largest absolute Gasteiger partial charge is 0.492 e. The summed E-state index contributed by atoms with van der Waals surface area (Å²) in [5, 5.41) is 26.2. The van der Waals surface area contributed by atoms with Crippen LogP contribution in [-0.4, -0.2) is 49.4 Å². The van der Waals surface area contributed by atoms with Gasteiger partial charge in [0.15, 0.2) is 0 Å². The van der Waals surface area contributed by atoms with Gasteiger partial charge in [-0.1, -0.05) is 24.3 Å². The number of rotatable bonds is 6. The standard InChI is InChI=1S/C14H18N4O2S2/c1-3-17(6-7-19)11(10-5-4-8-21-10)12-13(20)18-14(22-12)15-9(2)16-18/h4-5,8,11,19-20H,3,6-7H2,1-2H3. The number of hydrogen-bond donors (Lipinski definition) is 2. The zero-order chi connectivity index (χ0) is 15.7. The Morgan fingerprint density at radius 2 is 2.27 bits per heavy atom. The van der Waals surface area contributed by atoms with Crippen LogP contribution in [0.4, 0.5) is 0 Å². The quantitative estimate of drug-likeness (QED) is 0.721. The summed E-state index contributed by atoms with van der Waals surface area (Å²) in [5.74, 6) is 0.777. The summed E-state index contributed by atoms with van der Waals surface area (Å²) >= 11 is 3.09. The zero-order valence-electron chi connectivity index (χ0n) is 12.4. The molecule has 118 valence electrons. The van der Waals surface area contributed by atoms with Crippen molar-refractivity contribution in [3.8, 4) is 5.88 Å². The molecule has 0 aliphatic rings. The van der Waals surface area contributed by atoms with Gasteiger partial charge in [-0.05, 0) is 24.9 Å². The fourth-order valence-corrected chi connectivity index (χ4v) is 4.64. The number of likely N-dealkylation sites (N-methyl/N-ethyl adjacent to an activating group) is 1. The van der Waals surface area contributed by atoms with Crippen molar-refractivity contribution in [1.29, 1.82) is 0 Å². The molecule has 0 aliphatic carbocycles. The smallest absolute Gasteiger partial charge is 0.230 e. The second kappa shape index (κ2) is 6.33. The maximum atomic E-state index is 10.6. The van der Waals surface area contributed by atoms with Crippen molar-refractivity contribution in [3.05, 3.63) is 33.1 Å². The molecule has 3 rings (SSSR count). The fraction of sp³-hybridized carbons (Fsp3) is 0.429. The second-order valence-electron chi connectivity index (χ2n) is 4.91. The molecule has 22 heavy (non-hydrogen) atoms. The predicted octanol–water partition coefficient (Wildman–Crippen LogP) is 2.27. The molecular formula is C14H18N4O2S2. The zero-order valence-corrected chi connectivity index (χ0v) is 14.1. The van der Waals surface area contributed by atoms with Crippen molar-refractivity contribution in [2.75, 3.05) is 19.7 Å². The van der Waals surface area contributed by atoms with Crippen LogP contribution in [0, 0.1) is 6.92 Å². The van der Waals surface area contributed by atoms with Gasteiger partial charge in [0.1, 0.15) is 5.82 Å². The van der Waals surface area contributed by atoms with E-state index in [1.54, 1.807) is 18.3 Å². The highest BCUT2D eigenvalue weighted by Gasteiger charge is 2.29. The molecule has 3 heterocycles. The third-order valence-electron chi connectivity index (χ3n) is 3.53. The number of nitrogens with zero attached hydrogens (tertiary/aromatic N) is 4. The number of aryl methyl sites for hydroxylation is 1. The molecule has 8 heteroatoms. The molecule has 0 radical (unpaired) electrons. The number of aliphatic hydroxyl groups is 1. The average molecular weight is 338 g/mol. The van der Waals surface area contributed by atoms with Crippen LogP contribution in [0.5, 0.6) is 5.88 Å². The number of thiophene rings is 1. The number of aromatic nitrogens is 3. The molecule has 2 N–H and O–H groups in total. The summed E-state index contributed by atoms with van der Waals surface area (Å²) in [4.78, 5) is 9.11. The first-order valence-corrected chi connectivity index (χ1v) is 8.78. The predicted molar refractivity (Wildman–Crippen MR) is 87.8 cm³/mol. The van der Waals surface area contributed by atoms with Gasteiger partial charge in [-0.25, -0.2) is 4.98 Å². The number of hydrogen-bond acceptors (Lipinski definition) is 7. The molecule has 0 spiro atoms. The summed E-state index contributed by atoms with van der Waals surface area (Å²) in [5.41, 5.74) is 0. The molecule has 6 nitrogen and oxygen atoms in total. The lowest BCUT2D eigenvalue weighted by Gasteiger charge is -2.28. The van der Waals surface area contributed by atoms with Gasteiger partial charge in [-0.15, -0.1) is 16.4 Å². The Balaban J connectivity index is 2.10. The topological polar surface area (TPSA) is 73.9 Å². The van der Waals surface area contributed by atoms with Crippen LogP contribution in [0.1, 0.15) is 28.5 Å². The molecule has 1 atom stereocenters. The van der Waals surface area contributed by atoms with Gasteiger partial charge in [0.25, 0.3) is 0 Å². The third kappa shape index (κ3) is 2.63. The highest BCUT2D eigenvalue weighted by atomic mass is 32.1. The van der Waals surface area contributed by atoms with Crippen molar-refractivity contribution in [2.45, 2.75) is 19.9 Å². The number of thiazole rings is 1. The third-order valence-corrected chi connectivity index (χ3v) is 5.52. The van der Waals surface area contributed by atoms with Crippen molar-refractivity contribution in [2.24, 2.45) is 0 Å². The van der Waals surface area contributed by atoms with Gasteiger partial charge in [-0.2, -0.15) is 4.52 Å². The maximum Gasteiger partial charge on any atom is 0.230 e. The van der Waals surface area contributed by atoms with Gasteiger partial charge in [0.05, 0.1) is 17.5 Å². The van der Waals surface area contributed by atoms with Crippen LogP contribution in [0.25, 0.3) is 4.96 Å². The van der Waals surface area contributed by atoms with E-state index in [4.69, 9.17) is 0 Å². The lowest BCUT2D eigenvalue weighted by Crippen LogP contribution is -2.31. The molecule has 3 aromatic heterocycles. The highest BCUT2D eigenvalue weighted by molar-refractivity contribution is 7.17. The summed E-state index contributed by atoms with van der Waals surface area (Å²) in [6.45, 7) is 5.25. The fourth-order valence-electron chi connectivity index (χ4n) is 2.55. The molecule has 0 bridgehead atoms. The first kappa shape index (κ1) is 15.4. The van der Waals surface area contributed by atoms with E-state index < -0.39 is 0 Å². The van der Waals surface area contributed by atoms with Gasteiger partial charge < -0.3 is 10.2 Å². The van der Waals surface area contributed by atoms with E-state index in [9.17, 15) is 10.2 Å². The van der Waals surface area contributed by atoms with Gasteiger partial charge in [0, 0.05) is 11.4 Å². The molecule has 0 aromatic carbocycles. The van der Waals surface area contributed by atoms with E-state index in [1.807, 2.05) is 11.4 Å². The molecule has 0 saturated carbocycles. The van der Waals surface area contributed by atoms with E-state index in [0.717, 1.165) is 16.3 Å². The van der Waals surface area contributed by atoms with Crippen LogP contribution in [0.2, 0.25) is 0 Å². The maximum absolute atomic E-state index is 10.6. The second-order valence-corrected chi connectivity index (χ2v) is 6.90. The van der Waals surface area contributed by atoms with Crippen LogP contribution in [0.3, 0.4) is 0 Å². The molecule has 0 aliphatic heterocycles. The lowest BCUT2D eigenvalue weighted by molar-refractivity contribution is 0.175. The average Bonchev–Trinajstić information content (AvgIpc) is 3.19. The van der Waals surface area contributed by atoms with E-state index in [-0.39, 0.29) is 18.5 Å². The first-order valence-electron chi connectivity index (χ1n) is 7.09. The van der Waals surface area contributed by atoms with E-state index in [1.165, 1.54) is 15.9 Å². The van der Waals surface area contributed by atoms with E-state index in [2.05, 4.69) is 28.0 Å². The Bertz CT molecular complexity index is 750. The van der Waals surface area contributed by atoms with Crippen LogP contribution in [-0.2, 0) is 0 Å². The minimum atomic E-state index is -0.0917. The SMILES string of the molecule is CCN(CCO)C(c1cccs1)c1sc2nc(C)nn2c1O. The van der Waals surface area contributed by atoms with Gasteiger partial charge in [0.2, 0.25) is 10.8 Å². The summed E-state index contributed by atoms with van der Waals surface area (Å²) in [6.07, 6.45) is 0. The molecular weight excluding hydrogens is 320 g/mol. The molecule has 0 saturated heterocycles. The Kier molecular flexibility index (Phi) is 4.44.